The van der Waals surface area contributed by atoms with Gasteiger partial charge in [0.2, 0.25) is 0 Å². The van der Waals surface area contributed by atoms with Crippen LogP contribution in [0.15, 0.2) is 40.7 Å². The molecule has 1 rings (SSSR count). The van der Waals surface area contributed by atoms with Gasteiger partial charge in [-0.15, -0.1) is 0 Å². The fourth-order valence-electron chi connectivity index (χ4n) is 2.43. The molecule has 21 heavy (non-hydrogen) atoms. The van der Waals surface area contributed by atoms with Gasteiger partial charge in [-0.05, 0) is 31.5 Å². The largest absolute Gasteiger partial charge is 0.372 e. The maximum absolute atomic E-state index is 4.44. The van der Waals surface area contributed by atoms with Crippen LogP contribution in [0.5, 0.6) is 0 Å². The molecule has 4 heteroatoms. The van der Waals surface area contributed by atoms with Crippen molar-refractivity contribution in [1.82, 2.24) is 15.5 Å². The average Bonchev–Trinajstić information content (AvgIpc) is 2.54. The fraction of sp³-hybridized carbons (Fsp3) is 0.588. The van der Waals surface area contributed by atoms with Crippen molar-refractivity contribution in [3.63, 3.8) is 0 Å². The summed E-state index contributed by atoms with van der Waals surface area (Å²) in [6.45, 7) is 14.8. The van der Waals surface area contributed by atoms with Crippen molar-refractivity contribution in [1.29, 1.82) is 0 Å². The third-order valence-electron chi connectivity index (χ3n) is 3.77. The Hall–Kier alpha value is -1.55. The molecule has 0 saturated carbocycles. The number of amidine groups is 1. The first-order valence-corrected chi connectivity index (χ1v) is 7.89. The summed E-state index contributed by atoms with van der Waals surface area (Å²) < 4.78 is 0. The van der Waals surface area contributed by atoms with Gasteiger partial charge in [0.25, 0.3) is 0 Å². The second-order valence-electron chi connectivity index (χ2n) is 5.18. The van der Waals surface area contributed by atoms with Gasteiger partial charge in [0.1, 0.15) is 5.84 Å². The van der Waals surface area contributed by atoms with Crippen molar-refractivity contribution < 1.29 is 0 Å². The van der Waals surface area contributed by atoms with E-state index in [0.29, 0.717) is 0 Å². The highest BCUT2D eigenvalue weighted by molar-refractivity contribution is 6.03. The summed E-state index contributed by atoms with van der Waals surface area (Å²) in [5.41, 5.74) is 3.55. The van der Waals surface area contributed by atoms with Crippen LogP contribution in [0.25, 0.3) is 0 Å². The third kappa shape index (κ3) is 5.05. The van der Waals surface area contributed by atoms with Crippen molar-refractivity contribution in [2.24, 2.45) is 4.99 Å². The zero-order valence-corrected chi connectivity index (χ0v) is 14.0. The summed E-state index contributed by atoms with van der Waals surface area (Å²) in [7, 11) is 1.83. The highest BCUT2D eigenvalue weighted by atomic mass is 15.2. The summed E-state index contributed by atoms with van der Waals surface area (Å²) in [5.74, 6) is 0.905. The molecular formula is C17H30N4. The second-order valence-corrected chi connectivity index (χ2v) is 5.18. The van der Waals surface area contributed by atoms with E-state index in [2.05, 4.69) is 54.0 Å². The maximum Gasteiger partial charge on any atom is 0.134 e. The first-order valence-electron chi connectivity index (χ1n) is 7.89. The molecule has 0 radical (unpaired) electrons. The minimum absolute atomic E-state index is 0.905. The Morgan fingerprint density at radius 1 is 1.33 bits per heavy atom. The van der Waals surface area contributed by atoms with Gasteiger partial charge in [-0.1, -0.05) is 26.5 Å². The number of piperazine rings is 1. The Morgan fingerprint density at radius 3 is 2.52 bits per heavy atom. The normalized spacial score (nSPS) is 17.9. The van der Waals surface area contributed by atoms with Crippen LogP contribution in [-0.2, 0) is 0 Å². The van der Waals surface area contributed by atoms with Crippen LogP contribution in [0.1, 0.15) is 33.6 Å². The summed E-state index contributed by atoms with van der Waals surface area (Å²) in [4.78, 5) is 6.86. The number of hydrogen-bond donors (Lipinski definition) is 2. The molecule has 0 atom stereocenters. The lowest BCUT2D eigenvalue weighted by molar-refractivity contribution is 0.298. The SMILES string of the molecule is C=C(CC)/C(C(=NC)N/C=C/CC)=C(/C)N1CCNCC1. The van der Waals surface area contributed by atoms with Crippen molar-refractivity contribution in [3.8, 4) is 0 Å². The molecule has 1 aliphatic heterocycles. The predicted molar refractivity (Wildman–Crippen MR) is 92.5 cm³/mol. The highest BCUT2D eigenvalue weighted by Gasteiger charge is 2.18. The van der Waals surface area contributed by atoms with E-state index < -0.39 is 0 Å². The molecule has 0 bridgehead atoms. The zero-order chi connectivity index (χ0) is 15.7. The number of hydrogen-bond acceptors (Lipinski definition) is 3. The molecule has 4 nitrogen and oxygen atoms in total. The molecule has 2 N–H and O–H groups in total. The smallest absolute Gasteiger partial charge is 0.134 e. The third-order valence-corrected chi connectivity index (χ3v) is 3.77. The lowest BCUT2D eigenvalue weighted by Crippen LogP contribution is -2.43. The van der Waals surface area contributed by atoms with E-state index in [1.165, 1.54) is 5.70 Å². The van der Waals surface area contributed by atoms with Gasteiger partial charge in [-0.25, -0.2) is 0 Å². The van der Waals surface area contributed by atoms with Crippen molar-refractivity contribution >= 4 is 5.84 Å². The van der Waals surface area contributed by atoms with Gasteiger partial charge in [0, 0.05) is 44.5 Å². The molecule has 1 saturated heterocycles. The van der Waals surface area contributed by atoms with Crippen LogP contribution in [0.3, 0.4) is 0 Å². The fourth-order valence-corrected chi connectivity index (χ4v) is 2.43. The van der Waals surface area contributed by atoms with E-state index in [0.717, 1.165) is 56.0 Å². The van der Waals surface area contributed by atoms with Crippen molar-refractivity contribution in [2.45, 2.75) is 33.6 Å². The molecule has 0 aromatic rings. The molecule has 0 unspecified atom stereocenters. The van der Waals surface area contributed by atoms with Gasteiger partial charge in [-0.2, -0.15) is 0 Å². The topological polar surface area (TPSA) is 39.7 Å². The Morgan fingerprint density at radius 2 is 2.00 bits per heavy atom. The molecule has 0 amide bonds. The first-order chi connectivity index (χ1) is 10.2. The lowest BCUT2D eigenvalue weighted by Gasteiger charge is -2.32. The molecule has 118 valence electrons. The monoisotopic (exact) mass is 290 g/mol. The van der Waals surface area contributed by atoms with Gasteiger partial charge in [0.05, 0.1) is 0 Å². The minimum atomic E-state index is 0.905. The predicted octanol–water partition coefficient (Wildman–Crippen LogP) is 2.67. The molecule has 0 spiro atoms. The Bertz CT molecular complexity index is 426. The minimum Gasteiger partial charge on any atom is -0.372 e. The first kappa shape index (κ1) is 17.5. The van der Waals surface area contributed by atoms with Crippen LogP contribution in [0.4, 0.5) is 0 Å². The van der Waals surface area contributed by atoms with Gasteiger partial charge >= 0.3 is 0 Å². The number of nitrogens with zero attached hydrogens (tertiary/aromatic N) is 2. The number of allylic oxidation sites excluding steroid dienone is 2. The van der Waals surface area contributed by atoms with Gasteiger partial charge in [-0.3, -0.25) is 4.99 Å². The summed E-state index contributed by atoms with van der Waals surface area (Å²) >= 11 is 0. The van der Waals surface area contributed by atoms with Crippen LogP contribution in [-0.4, -0.2) is 44.0 Å². The van der Waals surface area contributed by atoms with Crippen molar-refractivity contribution in [2.75, 3.05) is 33.2 Å². The molecular weight excluding hydrogens is 260 g/mol. The average molecular weight is 290 g/mol. The van der Waals surface area contributed by atoms with Crippen LogP contribution in [0, 0.1) is 0 Å². The Kier molecular flexibility index (Phi) is 7.83. The summed E-state index contributed by atoms with van der Waals surface area (Å²) in [6.07, 6.45) is 6.00. The van der Waals surface area contributed by atoms with E-state index in [9.17, 15) is 0 Å². The van der Waals surface area contributed by atoms with E-state index in [1.54, 1.807) is 0 Å². The van der Waals surface area contributed by atoms with Crippen LogP contribution in [0.2, 0.25) is 0 Å². The highest BCUT2D eigenvalue weighted by Crippen LogP contribution is 2.20. The lowest BCUT2D eigenvalue weighted by atomic mass is 10.0. The Labute approximate surface area is 129 Å². The zero-order valence-electron chi connectivity index (χ0n) is 14.0. The number of nitrogens with one attached hydrogen (secondary N) is 2. The van der Waals surface area contributed by atoms with E-state index in [4.69, 9.17) is 0 Å². The molecule has 0 aromatic heterocycles. The van der Waals surface area contributed by atoms with E-state index in [-0.39, 0.29) is 0 Å². The van der Waals surface area contributed by atoms with Crippen LogP contribution < -0.4 is 10.6 Å². The van der Waals surface area contributed by atoms with Crippen molar-refractivity contribution in [3.05, 3.63) is 35.7 Å². The summed E-state index contributed by atoms with van der Waals surface area (Å²) in [6, 6.07) is 0. The van der Waals surface area contributed by atoms with Gasteiger partial charge < -0.3 is 15.5 Å². The second kappa shape index (κ2) is 9.40. The molecule has 1 heterocycles. The van der Waals surface area contributed by atoms with Gasteiger partial charge in [0.15, 0.2) is 0 Å². The quantitative estimate of drug-likeness (QED) is 0.449. The van der Waals surface area contributed by atoms with E-state index >= 15 is 0 Å². The molecule has 1 aliphatic rings. The standard InChI is InChI=1S/C17H30N4/c1-6-8-9-20-17(18-5)16(14(3)7-2)15(4)21-12-10-19-11-13-21/h8-9,19H,3,6-7,10-13H2,1-2,4-5H3,(H,18,20)/b9-8+,16-15+. The maximum atomic E-state index is 4.44. The molecule has 1 fully saturated rings. The van der Waals surface area contributed by atoms with E-state index in [1.807, 2.05) is 13.2 Å². The molecule has 0 aliphatic carbocycles. The Balaban J connectivity index is 3.07. The number of rotatable bonds is 6. The summed E-state index contributed by atoms with van der Waals surface area (Å²) in [5, 5.41) is 6.71. The molecule has 0 aromatic carbocycles. The number of aliphatic imine (C=N–C) groups is 1. The van der Waals surface area contributed by atoms with Crippen LogP contribution >= 0.6 is 0 Å².